The first-order valence-corrected chi connectivity index (χ1v) is 13.7. The summed E-state index contributed by atoms with van der Waals surface area (Å²) in [6.45, 7) is 3.14. The van der Waals surface area contributed by atoms with E-state index in [1.165, 1.54) is 17.1 Å². The number of aromatic amines is 2. The smallest absolute Gasteiger partial charge is 0.402 e. The third kappa shape index (κ3) is 4.54. The molecule has 4 aromatic rings. The van der Waals surface area contributed by atoms with Gasteiger partial charge in [0.25, 0.3) is 5.56 Å². The summed E-state index contributed by atoms with van der Waals surface area (Å²) < 4.78 is 44.2. The molecule has 5 N–H and O–H groups in total. The molecule has 2 fully saturated rings. The number of ether oxygens (including phenoxy) is 3. The van der Waals surface area contributed by atoms with Crippen molar-refractivity contribution in [2.45, 2.75) is 44.2 Å². The summed E-state index contributed by atoms with van der Waals surface area (Å²) in [5.74, 6) is -0.859. The lowest BCUT2D eigenvalue weighted by atomic mass is 10.1. The van der Waals surface area contributed by atoms with Crippen molar-refractivity contribution in [2.75, 3.05) is 12.3 Å². The maximum Gasteiger partial charge on any atom is 0.527 e. The minimum absolute atomic E-state index is 0.0777. The van der Waals surface area contributed by atoms with E-state index in [4.69, 9.17) is 29.0 Å². The van der Waals surface area contributed by atoms with Gasteiger partial charge in [-0.1, -0.05) is 0 Å². The zero-order valence-electron chi connectivity index (χ0n) is 19.5. The normalized spacial score (nSPS) is 26.5. The number of nitrogen functional groups attached to an aromatic ring is 1. The zero-order valence-corrected chi connectivity index (χ0v) is 22.5. The van der Waals surface area contributed by atoms with Crippen LogP contribution in [-0.4, -0.2) is 60.1 Å². The predicted octanol–water partition coefficient (Wildman–Crippen LogP) is 2.40. The molecule has 0 aliphatic carbocycles. The fourth-order valence-electron chi connectivity index (χ4n) is 4.61. The number of halogens is 1. The quantitative estimate of drug-likeness (QED) is 0.178. The van der Waals surface area contributed by atoms with Crippen molar-refractivity contribution in [3.8, 4) is 5.75 Å². The van der Waals surface area contributed by atoms with Gasteiger partial charge in [0, 0.05) is 20.7 Å². The highest BCUT2D eigenvalue weighted by Gasteiger charge is 2.56. The molecule has 0 spiro atoms. The number of nitrogens with zero attached hydrogens (tertiary/aromatic N) is 3. The van der Waals surface area contributed by atoms with E-state index in [2.05, 4.69) is 42.5 Å². The number of benzene rings is 1. The van der Waals surface area contributed by atoms with Crippen molar-refractivity contribution in [1.29, 1.82) is 0 Å². The van der Waals surface area contributed by atoms with Crippen LogP contribution in [0.4, 0.5) is 5.95 Å². The molecular weight excluding hydrogens is 622 g/mol. The largest absolute Gasteiger partial charge is 0.527 e. The van der Waals surface area contributed by atoms with Crippen LogP contribution in [-0.2, 0) is 23.3 Å². The Labute approximate surface area is 222 Å². The van der Waals surface area contributed by atoms with Gasteiger partial charge < -0.3 is 29.5 Å². The lowest BCUT2D eigenvalue weighted by molar-refractivity contribution is -0.199. The van der Waals surface area contributed by atoms with Crippen molar-refractivity contribution in [1.82, 2.24) is 24.5 Å². The highest BCUT2D eigenvalue weighted by atomic mass is 127. The van der Waals surface area contributed by atoms with Gasteiger partial charge in [0.05, 0.1) is 12.9 Å². The van der Waals surface area contributed by atoms with Gasteiger partial charge in [0.2, 0.25) is 5.95 Å². The molecule has 196 valence electrons. The summed E-state index contributed by atoms with van der Waals surface area (Å²) in [5.41, 5.74) is 6.25. The SMILES string of the molecule is CC1(C)O[C@@H]2[C@H](O1)[C@@H](COP(=O)(O)Oc1c[nH]c3ccc(I)cc13)O[C@H]2n1cnc2c(=O)[nH]c(N)nc21. The highest BCUT2D eigenvalue weighted by Crippen LogP contribution is 2.49. The minimum atomic E-state index is -4.55. The number of fused-ring (bicyclic) bond motifs is 3. The third-order valence-corrected chi connectivity index (χ3v) is 7.65. The fraction of sp³-hybridized carbons (Fsp3) is 0.381. The molecule has 0 saturated carbocycles. The first-order chi connectivity index (χ1) is 17.5. The van der Waals surface area contributed by atoms with E-state index in [9.17, 15) is 14.3 Å². The Morgan fingerprint density at radius 3 is 2.92 bits per heavy atom. The Bertz CT molecular complexity index is 1620. The molecule has 2 aliphatic rings. The highest BCUT2D eigenvalue weighted by molar-refractivity contribution is 14.1. The van der Waals surface area contributed by atoms with Gasteiger partial charge in [-0.15, -0.1) is 0 Å². The standard InChI is InChI=1S/C21H22IN6O8P/c1-21(2)34-15-13(7-32-37(30,31)36-12-6-24-11-4-3-9(22)5-10(11)12)33-19(16(15)35-21)28-8-25-14-17(28)26-20(23)27-18(14)29/h3-6,8,13,15-16,19,24H,7H2,1-2H3,(H,30,31)(H3,23,26,27,29)/t13-,15-,16-,19-/m1/s1. The molecule has 2 saturated heterocycles. The van der Waals surface area contributed by atoms with Crippen LogP contribution in [0.15, 0.2) is 35.5 Å². The number of H-pyrrole nitrogens is 2. The van der Waals surface area contributed by atoms with Gasteiger partial charge in [0.15, 0.2) is 28.9 Å². The summed E-state index contributed by atoms with van der Waals surface area (Å²) in [6, 6.07) is 5.57. The van der Waals surface area contributed by atoms with Crippen molar-refractivity contribution in [2.24, 2.45) is 0 Å². The van der Waals surface area contributed by atoms with Crippen LogP contribution < -0.4 is 15.8 Å². The number of rotatable bonds is 6. The first-order valence-electron chi connectivity index (χ1n) is 11.2. The second-order valence-electron chi connectivity index (χ2n) is 9.10. The molecule has 1 aromatic carbocycles. The second-order valence-corrected chi connectivity index (χ2v) is 11.7. The summed E-state index contributed by atoms with van der Waals surface area (Å²) in [7, 11) is -4.55. The van der Waals surface area contributed by atoms with Crippen molar-refractivity contribution in [3.05, 3.63) is 44.6 Å². The van der Waals surface area contributed by atoms with Crippen LogP contribution in [0, 0.1) is 3.57 Å². The summed E-state index contributed by atoms with van der Waals surface area (Å²) >= 11 is 2.14. The van der Waals surface area contributed by atoms with Gasteiger partial charge in [-0.25, -0.2) is 9.55 Å². The van der Waals surface area contributed by atoms with Gasteiger partial charge in [-0.05, 0) is 54.6 Å². The van der Waals surface area contributed by atoms with E-state index >= 15 is 0 Å². The Morgan fingerprint density at radius 2 is 2.11 bits per heavy atom. The van der Waals surface area contributed by atoms with Gasteiger partial charge in [-0.3, -0.25) is 23.8 Å². The number of aromatic nitrogens is 5. The van der Waals surface area contributed by atoms with Gasteiger partial charge in [0.1, 0.15) is 18.3 Å². The monoisotopic (exact) mass is 644 g/mol. The number of nitrogens with two attached hydrogens (primary N) is 1. The molecule has 3 aromatic heterocycles. The maximum absolute atomic E-state index is 12.8. The maximum atomic E-state index is 12.8. The predicted molar refractivity (Wildman–Crippen MR) is 138 cm³/mol. The number of imidazole rings is 1. The zero-order chi connectivity index (χ0) is 26.1. The van der Waals surface area contributed by atoms with E-state index < -0.39 is 43.7 Å². The molecule has 1 unspecified atom stereocenters. The van der Waals surface area contributed by atoms with Crippen molar-refractivity contribution >= 4 is 58.4 Å². The number of anilines is 1. The van der Waals surface area contributed by atoms with E-state index in [-0.39, 0.29) is 29.5 Å². The molecule has 0 amide bonds. The third-order valence-electron chi connectivity index (χ3n) is 6.07. The van der Waals surface area contributed by atoms with Crippen LogP contribution in [0.3, 0.4) is 0 Å². The molecule has 0 bridgehead atoms. The lowest BCUT2D eigenvalue weighted by Gasteiger charge is -2.25. The summed E-state index contributed by atoms with van der Waals surface area (Å²) in [4.78, 5) is 36.4. The van der Waals surface area contributed by atoms with E-state index in [1.54, 1.807) is 13.8 Å². The number of hydrogen-bond acceptors (Lipinski definition) is 10. The number of hydrogen-bond donors (Lipinski definition) is 4. The average Bonchev–Trinajstić information content (AvgIpc) is 3.55. The Hall–Kier alpha value is -2.53. The van der Waals surface area contributed by atoms with Crippen LogP contribution >= 0.6 is 30.4 Å². The van der Waals surface area contributed by atoms with Crippen LogP contribution in [0.1, 0.15) is 20.1 Å². The first kappa shape index (κ1) is 24.8. The molecule has 6 rings (SSSR count). The molecule has 37 heavy (non-hydrogen) atoms. The Morgan fingerprint density at radius 1 is 1.32 bits per heavy atom. The van der Waals surface area contributed by atoms with E-state index in [0.717, 1.165) is 9.09 Å². The number of nitrogens with one attached hydrogen (secondary N) is 2. The van der Waals surface area contributed by atoms with E-state index in [1.807, 2.05) is 18.2 Å². The minimum Gasteiger partial charge on any atom is -0.402 e. The molecule has 5 atom stereocenters. The Balaban J connectivity index is 1.24. The topological polar surface area (TPSA) is 189 Å². The molecule has 5 heterocycles. The molecule has 16 heteroatoms. The van der Waals surface area contributed by atoms with Crippen LogP contribution in [0.2, 0.25) is 0 Å². The van der Waals surface area contributed by atoms with Crippen LogP contribution in [0.25, 0.3) is 22.1 Å². The summed E-state index contributed by atoms with van der Waals surface area (Å²) in [6.07, 6.45) is -0.0731. The molecule has 14 nitrogen and oxygen atoms in total. The van der Waals surface area contributed by atoms with Gasteiger partial charge >= 0.3 is 7.82 Å². The molecular formula is C21H22IN6O8P. The van der Waals surface area contributed by atoms with Crippen molar-refractivity contribution < 1.29 is 32.7 Å². The summed E-state index contributed by atoms with van der Waals surface area (Å²) in [5, 5.41) is 0.644. The van der Waals surface area contributed by atoms with Crippen molar-refractivity contribution in [3.63, 3.8) is 0 Å². The van der Waals surface area contributed by atoms with Gasteiger partial charge in [-0.2, -0.15) is 4.98 Å². The average molecular weight is 644 g/mol. The fourth-order valence-corrected chi connectivity index (χ4v) is 5.89. The van der Waals surface area contributed by atoms with Crippen LogP contribution in [0.5, 0.6) is 5.75 Å². The number of phosphoric ester groups is 1. The van der Waals surface area contributed by atoms with E-state index in [0.29, 0.717) is 5.39 Å². The molecule has 2 aliphatic heterocycles. The second kappa shape index (κ2) is 8.76. The number of phosphoric acid groups is 1. The Kier molecular flexibility index (Phi) is 5.87. The molecule has 0 radical (unpaired) electrons. The lowest BCUT2D eigenvalue weighted by Crippen LogP contribution is -2.32.